The van der Waals surface area contributed by atoms with Crippen LogP contribution in [0.5, 0.6) is 11.5 Å². The van der Waals surface area contributed by atoms with E-state index in [9.17, 15) is 0 Å². The first-order chi connectivity index (χ1) is 9.31. The van der Waals surface area contributed by atoms with Crippen molar-refractivity contribution in [3.63, 3.8) is 0 Å². The molecule has 0 saturated heterocycles. The summed E-state index contributed by atoms with van der Waals surface area (Å²) in [4.78, 5) is 0. The predicted octanol–water partition coefficient (Wildman–Crippen LogP) is 3.76. The van der Waals surface area contributed by atoms with Crippen LogP contribution in [0, 0.1) is 0 Å². The van der Waals surface area contributed by atoms with E-state index in [2.05, 4.69) is 24.4 Å². The Kier molecular flexibility index (Phi) is 8.07. The van der Waals surface area contributed by atoms with Crippen LogP contribution < -0.4 is 14.8 Å². The highest BCUT2D eigenvalue weighted by Crippen LogP contribution is 2.28. The molecule has 1 rings (SSSR count). The van der Waals surface area contributed by atoms with E-state index in [-0.39, 0.29) is 0 Å². The summed E-state index contributed by atoms with van der Waals surface area (Å²) in [6, 6.07) is 6.17. The average Bonchev–Trinajstić information content (AvgIpc) is 2.42. The fraction of sp³-hybridized carbons (Fsp3) is 0.625. The minimum atomic E-state index is 0.660. The van der Waals surface area contributed by atoms with Crippen molar-refractivity contribution >= 4 is 0 Å². The third kappa shape index (κ3) is 5.97. The van der Waals surface area contributed by atoms with Gasteiger partial charge in [0.2, 0.25) is 0 Å². The van der Waals surface area contributed by atoms with Crippen molar-refractivity contribution in [2.75, 3.05) is 19.8 Å². The minimum Gasteiger partial charge on any atom is -0.490 e. The molecular weight excluding hydrogens is 238 g/mol. The Hall–Kier alpha value is -1.22. The van der Waals surface area contributed by atoms with E-state index in [1.807, 2.05) is 19.9 Å². The van der Waals surface area contributed by atoms with Crippen LogP contribution >= 0.6 is 0 Å². The molecule has 0 aliphatic rings. The largest absolute Gasteiger partial charge is 0.490 e. The molecule has 0 atom stereocenters. The molecule has 0 saturated carbocycles. The summed E-state index contributed by atoms with van der Waals surface area (Å²) in [5.41, 5.74) is 1.24. The van der Waals surface area contributed by atoms with Crippen LogP contribution in [-0.4, -0.2) is 19.8 Å². The van der Waals surface area contributed by atoms with Crippen LogP contribution in [0.4, 0.5) is 0 Å². The number of rotatable bonds is 10. The van der Waals surface area contributed by atoms with Crippen LogP contribution in [0.2, 0.25) is 0 Å². The van der Waals surface area contributed by atoms with E-state index in [0.717, 1.165) is 24.6 Å². The second-order valence-electron chi connectivity index (χ2n) is 4.53. The van der Waals surface area contributed by atoms with E-state index >= 15 is 0 Å². The Labute approximate surface area is 117 Å². The van der Waals surface area contributed by atoms with E-state index in [4.69, 9.17) is 9.47 Å². The third-order valence-electron chi connectivity index (χ3n) is 2.89. The lowest BCUT2D eigenvalue weighted by Gasteiger charge is -2.12. The predicted molar refractivity (Wildman–Crippen MR) is 80.0 cm³/mol. The summed E-state index contributed by atoms with van der Waals surface area (Å²) < 4.78 is 11.2. The number of benzene rings is 1. The van der Waals surface area contributed by atoms with Gasteiger partial charge in [0.05, 0.1) is 13.2 Å². The Bertz CT molecular complexity index is 353. The summed E-state index contributed by atoms with van der Waals surface area (Å²) in [6.45, 7) is 9.48. The second-order valence-corrected chi connectivity index (χ2v) is 4.53. The van der Waals surface area contributed by atoms with E-state index in [0.29, 0.717) is 13.2 Å². The van der Waals surface area contributed by atoms with Gasteiger partial charge < -0.3 is 14.8 Å². The summed E-state index contributed by atoms with van der Waals surface area (Å²) in [5, 5.41) is 3.46. The number of hydrogen-bond acceptors (Lipinski definition) is 3. The lowest BCUT2D eigenvalue weighted by molar-refractivity contribution is 0.287. The molecule has 0 aliphatic heterocycles. The highest BCUT2D eigenvalue weighted by Gasteiger charge is 2.05. The van der Waals surface area contributed by atoms with Gasteiger partial charge in [-0.25, -0.2) is 0 Å². The van der Waals surface area contributed by atoms with Crippen LogP contribution in [0.1, 0.15) is 45.6 Å². The topological polar surface area (TPSA) is 30.5 Å². The maximum atomic E-state index is 5.62. The average molecular weight is 265 g/mol. The highest BCUT2D eigenvalue weighted by molar-refractivity contribution is 5.43. The van der Waals surface area contributed by atoms with Gasteiger partial charge in [0.1, 0.15) is 0 Å². The molecule has 1 aromatic carbocycles. The Morgan fingerprint density at radius 2 is 1.68 bits per heavy atom. The molecule has 0 aromatic heterocycles. The third-order valence-corrected chi connectivity index (χ3v) is 2.89. The molecule has 3 nitrogen and oxygen atoms in total. The van der Waals surface area contributed by atoms with Gasteiger partial charge >= 0.3 is 0 Å². The molecule has 19 heavy (non-hydrogen) atoms. The van der Waals surface area contributed by atoms with Crippen molar-refractivity contribution in [1.82, 2.24) is 5.32 Å². The summed E-state index contributed by atoms with van der Waals surface area (Å²) in [6.07, 6.45) is 3.80. The van der Waals surface area contributed by atoms with Gasteiger partial charge in [-0.3, -0.25) is 0 Å². The van der Waals surface area contributed by atoms with Crippen molar-refractivity contribution in [2.45, 2.75) is 46.6 Å². The van der Waals surface area contributed by atoms with Crippen molar-refractivity contribution in [3.8, 4) is 11.5 Å². The molecule has 1 N–H and O–H groups in total. The van der Waals surface area contributed by atoms with Gasteiger partial charge in [-0.05, 0) is 44.5 Å². The number of ether oxygens (including phenoxy) is 2. The zero-order valence-corrected chi connectivity index (χ0v) is 12.5. The van der Waals surface area contributed by atoms with Crippen molar-refractivity contribution < 1.29 is 9.47 Å². The van der Waals surface area contributed by atoms with Crippen molar-refractivity contribution in [2.24, 2.45) is 0 Å². The van der Waals surface area contributed by atoms with Gasteiger partial charge in [0.25, 0.3) is 0 Å². The zero-order valence-electron chi connectivity index (χ0n) is 12.5. The maximum Gasteiger partial charge on any atom is 0.161 e. The van der Waals surface area contributed by atoms with Crippen molar-refractivity contribution in [3.05, 3.63) is 23.8 Å². The molecular formula is C16H27NO2. The Morgan fingerprint density at radius 1 is 0.947 bits per heavy atom. The minimum absolute atomic E-state index is 0.660. The van der Waals surface area contributed by atoms with E-state index in [1.54, 1.807) is 0 Å². The van der Waals surface area contributed by atoms with Gasteiger partial charge in [0.15, 0.2) is 11.5 Å². The Balaban J connectivity index is 2.51. The van der Waals surface area contributed by atoms with Crippen LogP contribution in [0.15, 0.2) is 18.2 Å². The van der Waals surface area contributed by atoms with Gasteiger partial charge in [-0.15, -0.1) is 0 Å². The molecule has 0 amide bonds. The van der Waals surface area contributed by atoms with E-state index < -0.39 is 0 Å². The SMILES string of the molecule is CCCCCNCc1ccc(OCC)c(OCC)c1. The quantitative estimate of drug-likeness (QED) is 0.653. The molecule has 0 bridgehead atoms. The molecule has 1 aromatic rings. The number of unbranched alkanes of at least 4 members (excludes halogenated alkanes) is 2. The molecule has 0 radical (unpaired) electrons. The fourth-order valence-electron chi connectivity index (χ4n) is 1.94. The molecule has 108 valence electrons. The van der Waals surface area contributed by atoms with Crippen LogP contribution in [-0.2, 0) is 6.54 Å². The first-order valence-electron chi connectivity index (χ1n) is 7.41. The molecule has 0 unspecified atom stereocenters. The summed E-state index contributed by atoms with van der Waals surface area (Å²) in [5.74, 6) is 1.68. The van der Waals surface area contributed by atoms with Crippen LogP contribution in [0.25, 0.3) is 0 Å². The fourth-order valence-corrected chi connectivity index (χ4v) is 1.94. The molecule has 0 aliphatic carbocycles. The van der Waals surface area contributed by atoms with Crippen LogP contribution in [0.3, 0.4) is 0 Å². The normalized spacial score (nSPS) is 10.5. The number of hydrogen-bond donors (Lipinski definition) is 1. The van der Waals surface area contributed by atoms with Gasteiger partial charge in [0, 0.05) is 6.54 Å². The summed E-state index contributed by atoms with van der Waals surface area (Å²) >= 11 is 0. The van der Waals surface area contributed by atoms with Crippen molar-refractivity contribution in [1.29, 1.82) is 0 Å². The lowest BCUT2D eigenvalue weighted by atomic mass is 10.2. The maximum absolute atomic E-state index is 5.62. The second kappa shape index (κ2) is 9.68. The number of nitrogens with one attached hydrogen (secondary N) is 1. The highest BCUT2D eigenvalue weighted by atomic mass is 16.5. The molecule has 0 spiro atoms. The standard InChI is InChI=1S/C16H27NO2/c1-4-7-8-11-17-13-14-9-10-15(18-5-2)16(12-14)19-6-3/h9-10,12,17H,4-8,11,13H2,1-3H3. The molecule has 0 heterocycles. The van der Waals surface area contributed by atoms with E-state index in [1.165, 1.54) is 24.8 Å². The Morgan fingerprint density at radius 3 is 2.37 bits per heavy atom. The smallest absolute Gasteiger partial charge is 0.161 e. The molecule has 3 heteroatoms. The van der Waals surface area contributed by atoms with Gasteiger partial charge in [-0.2, -0.15) is 0 Å². The zero-order chi connectivity index (χ0) is 13.9. The first kappa shape index (κ1) is 15.8. The lowest BCUT2D eigenvalue weighted by Crippen LogP contribution is -2.14. The first-order valence-corrected chi connectivity index (χ1v) is 7.41. The monoisotopic (exact) mass is 265 g/mol. The summed E-state index contributed by atoms with van der Waals surface area (Å²) in [7, 11) is 0. The van der Waals surface area contributed by atoms with Gasteiger partial charge in [-0.1, -0.05) is 25.8 Å². The molecule has 0 fully saturated rings.